The van der Waals surface area contributed by atoms with E-state index in [4.69, 9.17) is 4.74 Å². The summed E-state index contributed by atoms with van der Waals surface area (Å²) in [5.41, 5.74) is 0.887. The predicted octanol–water partition coefficient (Wildman–Crippen LogP) is 2.86. The zero-order chi connectivity index (χ0) is 14.2. The molecule has 0 aliphatic heterocycles. The molecule has 0 fully saturated rings. The van der Waals surface area contributed by atoms with Gasteiger partial charge in [0.05, 0.1) is 6.54 Å². The summed E-state index contributed by atoms with van der Waals surface area (Å²) in [6.07, 6.45) is 1.77. The molecular weight excluding hydrogens is 254 g/mol. The highest BCUT2D eigenvalue weighted by molar-refractivity contribution is 5.36. The molecule has 0 saturated carbocycles. The van der Waals surface area contributed by atoms with E-state index in [0.29, 0.717) is 6.61 Å². The first kappa shape index (κ1) is 14.0. The maximum absolute atomic E-state index is 10.1. The molecule has 0 N–H and O–H groups in total. The lowest BCUT2D eigenvalue weighted by atomic mass is 10.2. The number of anilines is 1. The molecule has 20 heavy (non-hydrogen) atoms. The molecule has 0 unspecified atom stereocenters. The van der Waals surface area contributed by atoms with Crippen LogP contribution in [0, 0.1) is 4.91 Å². The summed E-state index contributed by atoms with van der Waals surface area (Å²) < 4.78 is 5.65. The number of nitrogens with zero attached hydrogens (tertiary/aromatic N) is 3. The molecule has 2 rings (SSSR count). The van der Waals surface area contributed by atoms with Crippen LogP contribution in [0.4, 0.5) is 5.82 Å². The number of pyridine rings is 1. The van der Waals surface area contributed by atoms with Crippen molar-refractivity contribution in [2.75, 3.05) is 25.1 Å². The van der Waals surface area contributed by atoms with Gasteiger partial charge in [0, 0.05) is 13.2 Å². The normalized spacial score (nSPS) is 10.1. The van der Waals surface area contributed by atoms with Crippen LogP contribution in [0.15, 0.2) is 53.8 Å². The summed E-state index contributed by atoms with van der Waals surface area (Å²) in [4.78, 5) is 16.4. The summed E-state index contributed by atoms with van der Waals surface area (Å²) in [6.45, 7) is 1.51. The number of benzene rings is 1. The summed E-state index contributed by atoms with van der Waals surface area (Å²) in [5, 5.41) is 2.85. The Bertz CT molecular complexity index is 529. The molecule has 0 atom stereocenters. The van der Waals surface area contributed by atoms with Crippen molar-refractivity contribution in [1.29, 1.82) is 0 Å². The summed E-state index contributed by atoms with van der Waals surface area (Å²) in [7, 11) is 1.98. The Morgan fingerprint density at radius 1 is 1.20 bits per heavy atom. The van der Waals surface area contributed by atoms with Crippen LogP contribution in [0.5, 0.6) is 5.75 Å². The molecule has 0 bridgehead atoms. The summed E-state index contributed by atoms with van der Waals surface area (Å²) >= 11 is 0. The molecule has 1 heterocycles. The van der Waals surface area contributed by atoms with Gasteiger partial charge < -0.3 is 9.64 Å². The maximum atomic E-state index is 10.1. The van der Waals surface area contributed by atoms with E-state index in [2.05, 4.69) is 10.2 Å². The van der Waals surface area contributed by atoms with Gasteiger partial charge in [0.2, 0.25) is 0 Å². The monoisotopic (exact) mass is 271 g/mol. The molecule has 0 spiro atoms. The van der Waals surface area contributed by atoms with Crippen molar-refractivity contribution in [3.63, 3.8) is 0 Å². The third-order valence-electron chi connectivity index (χ3n) is 2.91. The molecule has 5 nitrogen and oxygen atoms in total. The van der Waals surface area contributed by atoms with Gasteiger partial charge in [-0.25, -0.2) is 4.98 Å². The van der Waals surface area contributed by atoms with Crippen molar-refractivity contribution in [2.45, 2.75) is 6.54 Å². The molecule has 0 aliphatic carbocycles. The highest BCUT2D eigenvalue weighted by Crippen LogP contribution is 2.13. The fraction of sp³-hybridized carbons (Fsp3) is 0.267. The zero-order valence-corrected chi connectivity index (χ0v) is 11.4. The number of aromatic nitrogens is 1. The smallest absolute Gasteiger partial charge is 0.128 e. The van der Waals surface area contributed by atoms with Crippen LogP contribution in [0.3, 0.4) is 0 Å². The van der Waals surface area contributed by atoms with Crippen LogP contribution in [0.25, 0.3) is 0 Å². The number of rotatable bonds is 7. The first-order chi connectivity index (χ1) is 9.79. The molecule has 0 saturated heterocycles. The lowest BCUT2D eigenvalue weighted by molar-refractivity contribution is 0.325. The number of hydrogen-bond acceptors (Lipinski definition) is 5. The largest absolute Gasteiger partial charge is 0.492 e. The molecule has 5 heteroatoms. The Balaban J connectivity index is 1.79. The van der Waals surface area contributed by atoms with Crippen LogP contribution in [-0.2, 0) is 6.54 Å². The maximum Gasteiger partial charge on any atom is 0.128 e. The van der Waals surface area contributed by atoms with Crippen LogP contribution in [0.2, 0.25) is 0 Å². The second kappa shape index (κ2) is 7.23. The van der Waals surface area contributed by atoms with Gasteiger partial charge in [-0.2, -0.15) is 4.91 Å². The topological polar surface area (TPSA) is 54.8 Å². The number of hydrogen-bond donors (Lipinski definition) is 0. The molecule has 0 aliphatic rings. The molecule has 1 aromatic carbocycles. The quantitative estimate of drug-likeness (QED) is 0.727. The van der Waals surface area contributed by atoms with Crippen molar-refractivity contribution in [2.24, 2.45) is 5.18 Å². The molecule has 0 amide bonds. The standard InChI is InChI=1S/C15H17N3O2/c1-18(15-4-2-3-9-16-15)10-11-20-14-7-5-13(6-8-14)12-17-19/h2-9H,10-12H2,1H3. The van der Waals surface area contributed by atoms with Crippen molar-refractivity contribution in [1.82, 2.24) is 4.98 Å². The second-order valence-electron chi connectivity index (χ2n) is 4.39. The van der Waals surface area contributed by atoms with Crippen LogP contribution >= 0.6 is 0 Å². The molecule has 1 aromatic heterocycles. The van der Waals surface area contributed by atoms with E-state index in [-0.39, 0.29) is 6.54 Å². The van der Waals surface area contributed by atoms with Crippen molar-refractivity contribution < 1.29 is 4.74 Å². The Morgan fingerprint density at radius 2 is 2.00 bits per heavy atom. The SMILES string of the molecule is CN(CCOc1ccc(CN=O)cc1)c1ccccn1. The number of ether oxygens (including phenoxy) is 1. The minimum absolute atomic E-state index is 0.197. The molecular formula is C15H17N3O2. The van der Waals surface area contributed by atoms with E-state index in [1.807, 2.05) is 54.4 Å². The number of likely N-dealkylation sites (N-methyl/N-ethyl adjacent to an activating group) is 1. The Labute approximate surface area is 118 Å². The zero-order valence-electron chi connectivity index (χ0n) is 11.4. The van der Waals surface area contributed by atoms with Gasteiger partial charge in [-0.05, 0) is 29.8 Å². The predicted molar refractivity (Wildman–Crippen MR) is 78.9 cm³/mol. The van der Waals surface area contributed by atoms with Crippen LogP contribution < -0.4 is 9.64 Å². The van der Waals surface area contributed by atoms with E-state index in [0.717, 1.165) is 23.7 Å². The third-order valence-corrected chi connectivity index (χ3v) is 2.91. The third kappa shape index (κ3) is 4.05. The van der Waals surface area contributed by atoms with Gasteiger partial charge >= 0.3 is 0 Å². The average molecular weight is 271 g/mol. The van der Waals surface area contributed by atoms with Crippen LogP contribution in [-0.4, -0.2) is 25.2 Å². The van der Waals surface area contributed by atoms with Gasteiger partial charge in [0.15, 0.2) is 0 Å². The van der Waals surface area contributed by atoms with Gasteiger partial charge in [-0.3, -0.25) is 0 Å². The molecule has 2 aromatic rings. The Hall–Kier alpha value is -2.43. The van der Waals surface area contributed by atoms with E-state index >= 15 is 0 Å². The Morgan fingerprint density at radius 3 is 2.65 bits per heavy atom. The summed E-state index contributed by atoms with van der Waals surface area (Å²) in [6, 6.07) is 13.2. The van der Waals surface area contributed by atoms with Crippen molar-refractivity contribution in [3.05, 3.63) is 59.1 Å². The van der Waals surface area contributed by atoms with Gasteiger partial charge in [-0.15, -0.1) is 0 Å². The lowest BCUT2D eigenvalue weighted by Gasteiger charge is -2.18. The fourth-order valence-corrected chi connectivity index (χ4v) is 1.76. The van der Waals surface area contributed by atoms with Gasteiger partial charge in [0.1, 0.15) is 24.7 Å². The minimum atomic E-state index is 0.197. The highest BCUT2D eigenvalue weighted by atomic mass is 16.5. The molecule has 0 radical (unpaired) electrons. The van der Waals surface area contributed by atoms with Crippen molar-refractivity contribution >= 4 is 5.82 Å². The van der Waals surface area contributed by atoms with Gasteiger partial charge in [-0.1, -0.05) is 23.4 Å². The second-order valence-corrected chi connectivity index (χ2v) is 4.39. The fourth-order valence-electron chi connectivity index (χ4n) is 1.76. The first-order valence-corrected chi connectivity index (χ1v) is 6.42. The number of nitroso groups, excluding NO2 is 1. The van der Waals surface area contributed by atoms with E-state index in [9.17, 15) is 4.91 Å². The highest BCUT2D eigenvalue weighted by Gasteiger charge is 2.01. The van der Waals surface area contributed by atoms with Crippen LogP contribution in [0.1, 0.15) is 5.56 Å². The Kier molecular flexibility index (Phi) is 5.06. The lowest BCUT2D eigenvalue weighted by Crippen LogP contribution is -2.24. The van der Waals surface area contributed by atoms with Gasteiger partial charge in [0.25, 0.3) is 0 Å². The summed E-state index contributed by atoms with van der Waals surface area (Å²) in [5.74, 6) is 1.71. The first-order valence-electron chi connectivity index (χ1n) is 6.42. The minimum Gasteiger partial charge on any atom is -0.492 e. The van der Waals surface area contributed by atoms with E-state index in [1.165, 1.54) is 0 Å². The van der Waals surface area contributed by atoms with E-state index in [1.54, 1.807) is 6.20 Å². The van der Waals surface area contributed by atoms with Crippen molar-refractivity contribution in [3.8, 4) is 5.75 Å². The van der Waals surface area contributed by atoms with E-state index < -0.39 is 0 Å². The average Bonchev–Trinajstić information content (AvgIpc) is 2.50. The molecule has 104 valence electrons.